The van der Waals surface area contributed by atoms with Crippen molar-refractivity contribution in [2.24, 2.45) is 0 Å². The molecule has 0 aromatic carbocycles. The Kier molecular flexibility index (Phi) is 9.15. The third kappa shape index (κ3) is 4.16. The highest BCUT2D eigenvalue weighted by atomic mass is 35.5. The van der Waals surface area contributed by atoms with Crippen LogP contribution in [0.2, 0.25) is 0 Å². The fourth-order valence-corrected chi connectivity index (χ4v) is 1.36. The summed E-state index contributed by atoms with van der Waals surface area (Å²) in [5, 5.41) is 3.29. The van der Waals surface area contributed by atoms with E-state index < -0.39 is 0 Å². The summed E-state index contributed by atoms with van der Waals surface area (Å²) in [4.78, 5) is 2.47. The average molecular weight is 201 g/mol. The maximum Gasteiger partial charge on any atom is 0.0204 e. The van der Waals surface area contributed by atoms with Crippen LogP contribution in [0.15, 0.2) is 0 Å². The fraction of sp³-hybridized carbons (Fsp3) is 1.00. The van der Waals surface area contributed by atoms with Gasteiger partial charge in [0.05, 0.1) is 0 Å². The Balaban J connectivity index is 0. The van der Waals surface area contributed by atoms with Crippen LogP contribution in [0, 0.1) is 0 Å². The van der Waals surface area contributed by atoms with Crippen LogP contribution >= 0.6 is 24.8 Å². The molecule has 0 saturated carbocycles. The summed E-state index contributed by atoms with van der Waals surface area (Å²) in [5.74, 6) is 0. The summed E-state index contributed by atoms with van der Waals surface area (Å²) in [5.41, 5.74) is 0. The minimum atomic E-state index is 0. The molecule has 0 aromatic heterocycles. The summed E-state index contributed by atoms with van der Waals surface area (Å²) in [6.45, 7) is 5.95. The lowest BCUT2D eigenvalue weighted by molar-refractivity contribution is 0.348. The smallest absolute Gasteiger partial charge is 0.0204 e. The summed E-state index contributed by atoms with van der Waals surface area (Å²) < 4.78 is 0. The van der Waals surface area contributed by atoms with Gasteiger partial charge in [0.2, 0.25) is 0 Å². The summed E-state index contributed by atoms with van der Waals surface area (Å²) >= 11 is 0. The lowest BCUT2D eigenvalue weighted by atomic mass is 10.3. The number of halogens is 2. The molecule has 1 rings (SSSR count). The van der Waals surface area contributed by atoms with Gasteiger partial charge < -0.3 is 10.2 Å². The van der Waals surface area contributed by atoms with Gasteiger partial charge in [-0.3, -0.25) is 0 Å². The minimum Gasteiger partial charge on any atom is -0.316 e. The molecule has 0 bridgehead atoms. The molecule has 70 valence electrons. The Labute approximate surface area is 81.5 Å². The Bertz CT molecular complexity index is 80.5. The molecule has 0 unspecified atom stereocenters. The first-order valence-corrected chi connectivity index (χ1v) is 3.76. The first-order chi connectivity index (χ1) is 4.36. The molecule has 1 fully saturated rings. The molecule has 0 aromatic rings. The van der Waals surface area contributed by atoms with E-state index in [9.17, 15) is 0 Å². The Morgan fingerprint density at radius 3 is 2.36 bits per heavy atom. The molecule has 1 atom stereocenters. The normalized spacial score (nSPS) is 24.0. The highest BCUT2D eigenvalue weighted by molar-refractivity contribution is 5.85. The average Bonchev–Trinajstić information content (AvgIpc) is 2.34. The zero-order valence-corrected chi connectivity index (χ0v) is 8.80. The van der Waals surface area contributed by atoms with Gasteiger partial charge in [0.1, 0.15) is 0 Å². The standard InChI is InChI=1S/C7H16N2.2ClH/c1-3-9-5-4-7(6-9)8-2;;/h7-8H,3-6H2,1-2H3;2*1H/t7-;;/m1../s1. The second-order valence-corrected chi connectivity index (χ2v) is 2.67. The summed E-state index contributed by atoms with van der Waals surface area (Å²) in [7, 11) is 2.05. The molecule has 1 aliphatic rings. The maximum atomic E-state index is 3.29. The molecule has 2 nitrogen and oxygen atoms in total. The Hall–Kier alpha value is 0.500. The lowest BCUT2D eigenvalue weighted by Crippen LogP contribution is -2.29. The van der Waals surface area contributed by atoms with E-state index in [-0.39, 0.29) is 24.8 Å². The van der Waals surface area contributed by atoms with Crippen molar-refractivity contribution < 1.29 is 0 Å². The molecule has 1 saturated heterocycles. The number of nitrogens with one attached hydrogen (secondary N) is 1. The van der Waals surface area contributed by atoms with E-state index in [2.05, 4.69) is 17.1 Å². The van der Waals surface area contributed by atoms with Crippen molar-refractivity contribution in [1.82, 2.24) is 10.2 Å². The predicted molar refractivity (Wildman–Crippen MR) is 54.1 cm³/mol. The van der Waals surface area contributed by atoms with E-state index in [1.165, 1.54) is 26.1 Å². The molecule has 1 heterocycles. The number of hydrogen-bond donors (Lipinski definition) is 1. The van der Waals surface area contributed by atoms with Crippen LogP contribution in [0.5, 0.6) is 0 Å². The van der Waals surface area contributed by atoms with E-state index in [0.29, 0.717) is 0 Å². The van der Waals surface area contributed by atoms with Crippen molar-refractivity contribution in [2.75, 3.05) is 26.7 Å². The second-order valence-electron chi connectivity index (χ2n) is 2.67. The van der Waals surface area contributed by atoms with Crippen LogP contribution in [-0.2, 0) is 0 Å². The van der Waals surface area contributed by atoms with Crippen molar-refractivity contribution >= 4 is 24.8 Å². The van der Waals surface area contributed by atoms with Crippen LogP contribution in [0.4, 0.5) is 0 Å². The topological polar surface area (TPSA) is 15.3 Å². The predicted octanol–water partition coefficient (Wildman–Crippen LogP) is 1.14. The van der Waals surface area contributed by atoms with Crippen molar-refractivity contribution in [3.63, 3.8) is 0 Å². The van der Waals surface area contributed by atoms with Crippen LogP contribution in [0.3, 0.4) is 0 Å². The first kappa shape index (κ1) is 14.0. The van der Waals surface area contributed by atoms with Gasteiger partial charge in [-0.05, 0) is 26.6 Å². The van der Waals surface area contributed by atoms with Gasteiger partial charge >= 0.3 is 0 Å². The lowest BCUT2D eigenvalue weighted by Gasteiger charge is -2.11. The van der Waals surface area contributed by atoms with Crippen LogP contribution < -0.4 is 5.32 Å². The highest BCUT2D eigenvalue weighted by Gasteiger charge is 2.18. The maximum absolute atomic E-state index is 3.29. The van der Waals surface area contributed by atoms with E-state index in [1.807, 2.05) is 7.05 Å². The van der Waals surface area contributed by atoms with E-state index >= 15 is 0 Å². The summed E-state index contributed by atoms with van der Waals surface area (Å²) in [6, 6.07) is 0.755. The van der Waals surface area contributed by atoms with Gasteiger partial charge in [-0.25, -0.2) is 0 Å². The first-order valence-electron chi connectivity index (χ1n) is 3.76. The minimum absolute atomic E-state index is 0. The zero-order valence-electron chi connectivity index (χ0n) is 7.17. The van der Waals surface area contributed by atoms with Gasteiger partial charge in [-0.15, -0.1) is 24.8 Å². The van der Waals surface area contributed by atoms with Gasteiger partial charge in [-0.2, -0.15) is 0 Å². The fourth-order valence-electron chi connectivity index (χ4n) is 1.36. The molecule has 11 heavy (non-hydrogen) atoms. The van der Waals surface area contributed by atoms with Gasteiger partial charge in [0, 0.05) is 12.6 Å². The molecule has 4 heteroatoms. The molecular weight excluding hydrogens is 183 g/mol. The number of rotatable bonds is 2. The molecule has 0 radical (unpaired) electrons. The largest absolute Gasteiger partial charge is 0.316 e. The van der Waals surface area contributed by atoms with Crippen molar-refractivity contribution in [3.05, 3.63) is 0 Å². The number of likely N-dealkylation sites (tertiary alicyclic amines) is 1. The van der Waals surface area contributed by atoms with Crippen LogP contribution in [-0.4, -0.2) is 37.6 Å². The summed E-state index contributed by atoms with van der Waals surface area (Å²) in [6.07, 6.45) is 1.32. The SMILES string of the molecule is CCN1CC[C@@H](NC)C1.Cl.Cl. The number of likely N-dealkylation sites (N-methyl/N-ethyl adjacent to an activating group) is 2. The van der Waals surface area contributed by atoms with Crippen molar-refractivity contribution in [1.29, 1.82) is 0 Å². The number of hydrogen-bond acceptors (Lipinski definition) is 2. The monoisotopic (exact) mass is 200 g/mol. The van der Waals surface area contributed by atoms with E-state index in [0.717, 1.165) is 6.04 Å². The van der Waals surface area contributed by atoms with E-state index in [1.54, 1.807) is 0 Å². The van der Waals surface area contributed by atoms with E-state index in [4.69, 9.17) is 0 Å². The molecule has 0 amide bonds. The van der Waals surface area contributed by atoms with Crippen molar-refractivity contribution in [3.8, 4) is 0 Å². The zero-order chi connectivity index (χ0) is 6.69. The van der Waals surface area contributed by atoms with Gasteiger partial charge in [-0.1, -0.05) is 6.92 Å². The van der Waals surface area contributed by atoms with Crippen molar-refractivity contribution in [2.45, 2.75) is 19.4 Å². The Morgan fingerprint density at radius 2 is 2.09 bits per heavy atom. The second kappa shape index (κ2) is 7.17. The quantitative estimate of drug-likeness (QED) is 0.720. The molecule has 1 aliphatic heterocycles. The highest BCUT2D eigenvalue weighted by Crippen LogP contribution is 2.06. The Morgan fingerprint density at radius 1 is 1.45 bits per heavy atom. The molecule has 1 N–H and O–H groups in total. The van der Waals surface area contributed by atoms with Crippen LogP contribution in [0.25, 0.3) is 0 Å². The third-order valence-corrected chi connectivity index (χ3v) is 2.13. The number of nitrogens with zero attached hydrogens (tertiary/aromatic N) is 1. The van der Waals surface area contributed by atoms with Gasteiger partial charge in [0.15, 0.2) is 0 Å². The van der Waals surface area contributed by atoms with Crippen LogP contribution in [0.1, 0.15) is 13.3 Å². The third-order valence-electron chi connectivity index (χ3n) is 2.13. The molecule has 0 spiro atoms. The molecule has 0 aliphatic carbocycles. The molecular formula is C7H18Cl2N2. The van der Waals surface area contributed by atoms with Gasteiger partial charge in [0.25, 0.3) is 0 Å².